The highest BCUT2D eigenvalue weighted by molar-refractivity contribution is 7.17. The van der Waals surface area contributed by atoms with Gasteiger partial charge in [-0.25, -0.2) is 0 Å². The van der Waals surface area contributed by atoms with Crippen molar-refractivity contribution in [3.63, 3.8) is 0 Å². The molecule has 6 heteroatoms. The normalized spacial score (nSPS) is 11.0. The van der Waals surface area contributed by atoms with E-state index in [0.29, 0.717) is 23.7 Å². The predicted octanol–water partition coefficient (Wildman–Crippen LogP) is 6.29. The third-order valence-corrected chi connectivity index (χ3v) is 7.17. The zero-order valence-corrected chi connectivity index (χ0v) is 20.5. The van der Waals surface area contributed by atoms with Crippen molar-refractivity contribution < 1.29 is 4.79 Å². The molecular weight excluding hydrogens is 476 g/mol. The Morgan fingerprint density at radius 2 is 1.71 bits per heavy atom. The molecule has 0 unspecified atom stereocenters. The molecule has 0 aliphatic carbocycles. The second-order valence-corrected chi connectivity index (χ2v) is 9.79. The van der Waals surface area contributed by atoms with Gasteiger partial charge in [0.25, 0.3) is 11.5 Å². The number of aromatic nitrogens is 1. The molecule has 0 atom stereocenters. The number of benzene rings is 3. The number of rotatable bonds is 7. The van der Waals surface area contributed by atoms with E-state index in [1.807, 2.05) is 60.7 Å². The first kappa shape index (κ1) is 23.1. The van der Waals surface area contributed by atoms with Crippen LogP contribution >= 0.6 is 22.9 Å². The van der Waals surface area contributed by atoms with Gasteiger partial charge in [0, 0.05) is 34.1 Å². The third-order valence-electron chi connectivity index (χ3n) is 5.93. The van der Waals surface area contributed by atoms with E-state index in [1.165, 1.54) is 0 Å². The Labute approximate surface area is 212 Å². The first-order chi connectivity index (χ1) is 17.0. The number of thiophene rings is 1. The van der Waals surface area contributed by atoms with Crippen LogP contribution in [0.1, 0.15) is 32.6 Å². The van der Waals surface area contributed by atoms with Crippen LogP contribution in [0.15, 0.2) is 101 Å². The molecule has 0 saturated heterocycles. The van der Waals surface area contributed by atoms with Crippen molar-refractivity contribution >= 4 is 38.9 Å². The van der Waals surface area contributed by atoms with Crippen molar-refractivity contribution in [1.29, 1.82) is 0 Å². The lowest BCUT2D eigenvalue weighted by Crippen LogP contribution is -2.22. The smallest absolute Gasteiger partial charge is 0.251 e. The van der Waals surface area contributed by atoms with Crippen LogP contribution in [0, 0.1) is 0 Å². The molecule has 0 aliphatic heterocycles. The molecule has 0 aliphatic rings. The van der Waals surface area contributed by atoms with Crippen LogP contribution < -0.4 is 10.9 Å². The molecule has 2 heterocycles. The van der Waals surface area contributed by atoms with Gasteiger partial charge in [-0.05, 0) is 75.8 Å². The molecule has 1 amide bonds. The first-order valence-corrected chi connectivity index (χ1v) is 12.6. The summed E-state index contributed by atoms with van der Waals surface area (Å²) in [4.78, 5) is 24.8. The second-order valence-electron chi connectivity index (χ2n) is 8.44. The van der Waals surface area contributed by atoms with Gasteiger partial charge in [-0.1, -0.05) is 54.1 Å². The summed E-state index contributed by atoms with van der Waals surface area (Å²) in [5.41, 5.74) is 4.97. The van der Waals surface area contributed by atoms with Gasteiger partial charge >= 0.3 is 0 Å². The van der Waals surface area contributed by atoms with Gasteiger partial charge in [0.15, 0.2) is 0 Å². The molecule has 0 saturated carbocycles. The van der Waals surface area contributed by atoms with Gasteiger partial charge in [0.1, 0.15) is 0 Å². The number of halogens is 1. The molecule has 0 fully saturated rings. The molecule has 174 valence electrons. The Kier molecular flexibility index (Phi) is 6.80. The summed E-state index contributed by atoms with van der Waals surface area (Å²) in [6.45, 7) is 0.997. The highest BCUT2D eigenvalue weighted by atomic mass is 35.5. The number of hydrogen-bond acceptors (Lipinski definition) is 3. The quantitative estimate of drug-likeness (QED) is 0.287. The minimum absolute atomic E-state index is 0.0114. The molecular formula is C29H23ClN2O2S. The lowest BCUT2D eigenvalue weighted by molar-refractivity contribution is 0.0951. The van der Waals surface area contributed by atoms with Crippen molar-refractivity contribution in [2.24, 2.45) is 0 Å². The minimum atomic E-state index is -0.100. The van der Waals surface area contributed by atoms with Crippen LogP contribution in [-0.4, -0.2) is 10.5 Å². The molecule has 0 radical (unpaired) electrons. The van der Waals surface area contributed by atoms with Gasteiger partial charge in [0.05, 0.1) is 6.54 Å². The Morgan fingerprint density at radius 3 is 2.54 bits per heavy atom. The fraction of sp³-hybridized carbons (Fsp3) is 0.103. The van der Waals surface area contributed by atoms with E-state index in [4.69, 9.17) is 11.6 Å². The van der Waals surface area contributed by atoms with Gasteiger partial charge in [-0.3, -0.25) is 9.59 Å². The first-order valence-electron chi connectivity index (χ1n) is 11.3. The fourth-order valence-electron chi connectivity index (χ4n) is 4.08. The zero-order chi connectivity index (χ0) is 24.2. The molecule has 35 heavy (non-hydrogen) atoms. The number of fused-ring (bicyclic) bond motifs is 1. The van der Waals surface area contributed by atoms with E-state index in [-0.39, 0.29) is 11.5 Å². The van der Waals surface area contributed by atoms with E-state index >= 15 is 0 Å². The highest BCUT2D eigenvalue weighted by Crippen LogP contribution is 2.28. The van der Waals surface area contributed by atoms with E-state index in [0.717, 1.165) is 38.8 Å². The van der Waals surface area contributed by atoms with Crippen LogP contribution in [0.3, 0.4) is 0 Å². The van der Waals surface area contributed by atoms with Crippen LogP contribution in [0.25, 0.3) is 10.1 Å². The molecule has 4 nitrogen and oxygen atoms in total. The number of carbonyl (C=O) groups excluding carboxylic acids is 1. The van der Waals surface area contributed by atoms with Crippen LogP contribution in [0.4, 0.5) is 0 Å². The standard InChI is InChI=1S/C29H23ClN2O2S/c30-25-11-12-27-26(16-25)24(19-35-27)17-31-29(34)23-5-3-4-22(15-23)14-20-7-9-21(10-8-20)18-32-13-2-1-6-28(32)33/h1-13,15-16,19H,14,17-18H2,(H,31,34). The van der Waals surface area contributed by atoms with Gasteiger partial charge < -0.3 is 9.88 Å². The van der Waals surface area contributed by atoms with Crippen molar-refractivity contribution in [2.75, 3.05) is 0 Å². The summed E-state index contributed by atoms with van der Waals surface area (Å²) in [5.74, 6) is -0.100. The molecule has 3 aromatic carbocycles. The number of amides is 1. The molecule has 0 bridgehead atoms. The maximum Gasteiger partial charge on any atom is 0.251 e. The Hall–Kier alpha value is -3.67. The van der Waals surface area contributed by atoms with Gasteiger partial charge in [-0.15, -0.1) is 11.3 Å². The van der Waals surface area contributed by atoms with E-state index in [2.05, 4.69) is 22.8 Å². The highest BCUT2D eigenvalue weighted by Gasteiger charge is 2.10. The fourth-order valence-corrected chi connectivity index (χ4v) is 5.19. The maximum atomic E-state index is 12.8. The number of carbonyl (C=O) groups is 1. The van der Waals surface area contributed by atoms with Crippen molar-refractivity contribution in [2.45, 2.75) is 19.5 Å². The van der Waals surface area contributed by atoms with Crippen molar-refractivity contribution in [1.82, 2.24) is 9.88 Å². The maximum absolute atomic E-state index is 12.8. The van der Waals surface area contributed by atoms with E-state index in [9.17, 15) is 9.59 Å². The average Bonchev–Trinajstić information content (AvgIpc) is 3.27. The molecule has 5 aromatic rings. The molecule has 5 rings (SSSR count). The summed E-state index contributed by atoms with van der Waals surface area (Å²) in [7, 11) is 0. The SMILES string of the molecule is O=C(NCc1csc2ccc(Cl)cc12)c1cccc(Cc2ccc(Cn3ccccc3=O)cc2)c1. The predicted molar refractivity (Wildman–Crippen MR) is 143 cm³/mol. The molecule has 1 N–H and O–H groups in total. The number of pyridine rings is 1. The summed E-state index contributed by atoms with van der Waals surface area (Å²) >= 11 is 7.79. The second kappa shape index (κ2) is 10.3. The summed E-state index contributed by atoms with van der Waals surface area (Å²) in [6, 6.07) is 27.0. The van der Waals surface area contributed by atoms with Gasteiger partial charge in [-0.2, -0.15) is 0 Å². The van der Waals surface area contributed by atoms with Crippen LogP contribution in [-0.2, 0) is 19.5 Å². The monoisotopic (exact) mass is 498 g/mol. The zero-order valence-electron chi connectivity index (χ0n) is 18.9. The lowest BCUT2D eigenvalue weighted by atomic mass is 10.0. The van der Waals surface area contributed by atoms with E-state index in [1.54, 1.807) is 34.2 Å². The van der Waals surface area contributed by atoms with Crippen molar-refractivity contribution in [3.8, 4) is 0 Å². The van der Waals surface area contributed by atoms with Crippen LogP contribution in [0.2, 0.25) is 5.02 Å². The van der Waals surface area contributed by atoms with E-state index < -0.39 is 0 Å². The Morgan fingerprint density at radius 1 is 0.886 bits per heavy atom. The number of nitrogens with one attached hydrogen (secondary N) is 1. The van der Waals surface area contributed by atoms with Crippen molar-refractivity contribution in [3.05, 3.63) is 140 Å². The molecule has 0 spiro atoms. The summed E-state index contributed by atoms with van der Waals surface area (Å²) in [6.07, 6.45) is 2.52. The summed E-state index contributed by atoms with van der Waals surface area (Å²) in [5, 5.41) is 6.87. The number of nitrogens with zero attached hydrogens (tertiary/aromatic N) is 1. The minimum Gasteiger partial charge on any atom is -0.348 e. The summed E-state index contributed by atoms with van der Waals surface area (Å²) < 4.78 is 2.84. The largest absolute Gasteiger partial charge is 0.348 e. The topological polar surface area (TPSA) is 51.1 Å². The third kappa shape index (κ3) is 5.53. The molecule has 2 aromatic heterocycles. The van der Waals surface area contributed by atoms with Crippen LogP contribution in [0.5, 0.6) is 0 Å². The Balaban J connectivity index is 1.23. The lowest BCUT2D eigenvalue weighted by Gasteiger charge is -2.09. The number of hydrogen-bond donors (Lipinski definition) is 1. The average molecular weight is 499 g/mol. The Bertz CT molecular complexity index is 1550. The van der Waals surface area contributed by atoms with Gasteiger partial charge in [0.2, 0.25) is 0 Å².